The molecule has 3 rings (SSSR count). The molecule has 0 spiro atoms. The monoisotopic (exact) mass is 426 g/mol. The highest BCUT2D eigenvalue weighted by molar-refractivity contribution is 6.37. The number of aryl methyl sites for hydroxylation is 1. The smallest absolute Gasteiger partial charge is 0.289 e. The second-order valence-corrected chi connectivity index (χ2v) is 7.54. The second-order valence-electron chi connectivity index (χ2n) is 7.54. The van der Waals surface area contributed by atoms with Gasteiger partial charge in [0.1, 0.15) is 5.70 Å². The van der Waals surface area contributed by atoms with Crippen LogP contribution in [0.4, 0.5) is 0 Å². The maximum absolute atomic E-state index is 12.5. The Kier molecular flexibility index (Phi) is 7.53. The number of hydrogen-bond donors (Lipinski definition) is 3. The van der Waals surface area contributed by atoms with Crippen molar-refractivity contribution in [2.45, 2.75) is 38.1 Å². The summed E-state index contributed by atoms with van der Waals surface area (Å²) in [5.74, 6) is -2.71. The molecule has 164 valence electrons. The highest BCUT2D eigenvalue weighted by Crippen LogP contribution is 2.18. The van der Waals surface area contributed by atoms with Gasteiger partial charge in [0.2, 0.25) is 17.6 Å². The SMILES string of the molecule is O=C(CCc1ccccc1)NCC(=O)N1CCC=C1C(=O)NCC(=O)C(=O)NC1CC1. The summed E-state index contributed by atoms with van der Waals surface area (Å²) in [6, 6.07) is 9.61. The predicted molar refractivity (Wildman–Crippen MR) is 111 cm³/mol. The highest BCUT2D eigenvalue weighted by Gasteiger charge is 2.29. The molecular formula is C22H26N4O5. The van der Waals surface area contributed by atoms with Crippen LogP contribution in [0, 0.1) is 0 Å². The maximum atomic E-state index is 12.5. The third kappa shape index (κ3) is 6.77. The van der Waals surface area contributed by atoms with Gasteiger partial charge in [-0.05, 0) is 31.2 Å². The molecule has 1 aliphatic carbocycles. The van der Waals surface area contributed by atoms with E-state index in [0.717, 1.165) is 18.4 Å². The Morgan fingerprint density at radius 2 is 1.71 bits per heavy atom. The molecule has 1 fully saturated rings. The minimum atomic E-state index is -0.734. The van der Waals surface area contributed by atoms with Crippen molar-refractivity contribution < 1.29 is 24.0 Å². The van der Waals surface area contributed by atoms with Crippen molar-refractivity contribution in [3.8, 4) is 0 Å². The second kappa shape index (κ2) is 10.5. The first-order valence-electron chi connectivity index (χ1n) is 10.4. The zero-order chi connectivity index (χ0) is 22.2. The first kappa shape index (κ1) is 22.2. The highest BCUT2D eigenvalue weighted by atomic mass is 16.2. The average molecular weight is 426 g/mol. The summed E-state index contributed by atoms with van der Waals surface area (Å²) in [4.78, 5) is 61.6. The van der Waals surface area contributed by atoms with Crippen molar-refractivity contribution in [3.63, 3.8) is 0 Å². The first-order valence-corrected chi connectivity index (χ1v) is 10.4. The zero-order valence-electron chi connectivity index (χ0n) is 17.2. The summed E-state index contributed by atoms with van der Waals surface area (Å²) in [5.41, 5.74) is 1.16. The molecule has 2 aliphatic rings. The van der Waals surface area contributed by atoms with Gasteiger partial charge in [0.05, 0.1) is 13.1 Å². The fraction of sp³-hybridized carbons (Fsp3) is 0.409. The van der Waals surface area contributed by atoms with Crippen LogP contribution in [0.25, 0.3) is 0 Å². The predicted octanol–water partition coefficient (Wildman–Crippen LogP) is -0.184. The minimum Gasteiger partial charge on any atom is -0.347 e. The van der Waals surface area contributed by atoms with Crippen molar-refractivity contribution in [1.82, 2.24) is 20.9 Å². The molecule has 0 radical (unpaired) electrons. The summed E-state index contributed by atoms with van der Waals surface area (Å²) >= 11 is 0. The van der Waals surface area contributed by atoms with Crippen molar-refractivity contribution in [3.05, 3.63) is 47.7 Å². The number of benzene rings is 1. The Morgan fingerprint density at radius 1 is 0.968 bits per heavy atom. The molecular weight excluding hydrogens is 400 g/mol. The number of carbonyl (C=O) groups is 5. The third-order valence-electron chi connectivity index (χ3n) is 5.01. The van der Waals surface area contributed by atoms with E-state index in [-0.39, 0.29) is 30.6 Å². The molecule has 1 aromatic rings. The fourth-order valence-corrected chi connectivity index (χ4v) is 3.12. The van der Waals surface area contributed by atoms with Crippen LogP contribution in [0.3, 0.4) is 0 Å². The van der Waals surface area contributed by atoms with Crippen molar-refractivity contribution in [2.24, 2.45) is 0 Å². The van der Waals surface area contributed by atoms with Crippen LogP contribution in [0.15, 0.2) is 42.1 Å². The van der Waals surface area contributed by atoms with Gasteiger partial charge in [0, 0.05) is 19.0 Å². The van der Waals surface area contributed by atoms with Gasteiger partial charge in [0.25, 0.3) is 11.8 Å². The molecule has 0 atom stereocenters. The number of nitrogens with zero attached hydrogens (tertiary/aromatic N) is 1. The Balaban J connectivity index is 1.40. The summed E-state index contributed by atoms with van der Waals surface area (Å²) in [7, 11) is 0. The first-order chi connectivity index (χ1) is 14.9. The molecule has 1 aliphatic heterocycles. The standard InChI is InChI=1S/C22H26N4O5/c27-18(22(31)25-16-9-10-16)13-24-21(30)17-7-4-12-26(17)20(29)14-23-19(28)11-8-15-5-2-1-3-6-15/h1-3,5-7,16H,4,8-14H2,(H,23,28)(H,24,30)(H,25,31). The number of nitrogens with one attached hydrogen (secondary N) is 3. The molecule has 0 bridgehead atoms. The molecule has 1 saturated carbocycles. The van der Waals surface area contributed by atoms with E-state index in [1.54, 1.807) is 6.08 Å². The number of Topliss-reactive ketones (excluding diaryl/α,β-unsaturated/α-hetero) is 1. The van der Waals surface area contributed by atoms with Gasteiger partial charge in [0.15, 0.2) is 0 Å². The van der Waals surface area contributed by atoms with E-state index in [1.165, 1.54) is 4.90 Å². The Bertz CT molecular complexity index is 892. The van der Waals surface area contributed by atoms with Gasteiger partial charge in [-0.1, -0.05) is 36.4 Å². The molecule has 4 amide bonds. The van der Waals surface area contributed by atoms with Crippen molar-refractivity contribution >= 4 is 29.4 Å². The molecule has 0 saturated heterocycles. The van der Waals surface area contributed by atoms with Crippen LogP contribution in [0.2, 0.25) is 0 Å². The van der Waals surface area contributed by atoms with Crippen LogP contribution in [0.5, 0.6) is 0 Å². The number of amides is 4. The molecule has 1 heterocycles. The maximum Gasteiger partial charge on any atom is 0.289 e. The third-order valence-corrected chi connectivity index (χ3v) is 5.01. The van der Waals surface area contributed by atoms with Crippen LogP contribution >= 0.6 is 0 Å². The van der Waals surface area contributed by atoms with Gasteiger partial charge in [-0.15, -0.1) is 0 Å². The van der Waals surface area contributed by atoms with E-state index in [2.05, 4.69) is 16.0 Å². The van der Waals surface area contributed by atoms with E-state index >= 15 is 0 Å². The summed E-state index contributed by atoms with van der Waals surface area (Å²) in [6.45, 7) is -0.342. The minimum absolute atomic E-state index is 0.0562. The van der Waals surface area contributed by atoms with Crippen molar-refractivity contribution in [1.29, 1.82) is 0 Å². The number of rotatable bonds is 10. The van der Waals surface area contributed by atoms with Gasteiger partial charge in [-0.25, -0.2) is 0 Å². The summed E-state index contributed by atoms with van der Waals surface area (Å²) in [6.07, 6.45) is 4.63. The molecule has 31 heavy (non-hydrogen) atoms. The normalized spacial score (nSPS) is 15.1. The van der Waals surface area contributed by atoms with Gasteiger partial charge in [-0.3, -0.25) is 24.0 Å². The largest absolute Gasteiger partial charge is 0.347 e. The number of ketones is 1. The molecule has 9 heteroatoms. The quantitative estimate of drug-likeness (QED) is 0.448. The van der Waals surface area contributed by atoms with Crippen molar-refractivity contribution in [2.75, 3.05) is 19.6 Å². The van der Waals surface area contributed by atoms with Crippen LogP contribution < -0.4 is 16.0 Å². The summed E-state index contributed by atoms with van der Waals surface area (Å²) in [5, 5.41) is 7.53. The molecule has 0 unspecified atom stereocenters. The lowest BCUT2D eigenvalue weighted by Gasteiger charge is -2.20. The van der Waals surface area contributed by atoms with E-state index in [4.69, 9.17) is 0 Å². The Hall–Kier alpha value is -3.49. The molecule has 1 aromatic carbocycles. The summed E-state index contributed by atoms with van der Waals surface area (Å²) < 4.78 is 0. The zero-order valence-corrected chi connectivity index (χ0v) is 17.2. The molecule has 0 aromatic heterocycles. The van der Waals surface area contributed by atoms with E-state index in [0.29, 0.717) is 19.4 Å². The average Bonchev–Trinajstić information content (AvgIpc) is 3.45. The van der Waals surface area contributed by atoms with Gasteiger partial charge in [-0.2, -0.15) is 0 Å². The van der Waals surface area contributed by atoms with Gasteiger partial charge < -0.3 is 20.9 Å². The fourth-order valence-electron chi connectivity index (χ4n) is 3.12. The lowest BCUT2D eigenvalue weighted by Crippen LogP contribution is -2.44. The Morgan fingerprint density at radius 3 is 2.42 bits per heavy atom. The molecule has 3 N–H and O–H groups in total. The Labute approximate surface area is 180 Å². The number of carbonyl (C=O) groups excluding carboxylic acids is 5. The van der Waals surface area contributed by atoms with Crippen LogP contribution in [-0.4, -0.2) is 60.0 Å². The molecule has 9 nitrogen and oxygen atoms in total. The topological polar surface area (TPSA) is 125 Å². The van der Waals surface area contributed by atoms with Crippen LogP contribution in [0.1, 0.15) is 31.2 Å². The lowest BCUT2D eigenvalue weighted by atomic mass is 10.1. The van der Waals surface area contributed by atoms with Crippen LogP contribution in [-0.2, 0) is 30.4 Å². The van der Waals surface area contributed by atoms with Gasteiger partial charge >= 0.3 is 0 Å². The van der Waals surface area contributed by atoms with E-state index in [1.807, 2.05) is 30.3 Å². The van der Waals surface area contributed by atoms with E-state index < -0.39 is 30.0 Å². The number of hydrogen-bond acceptors (Lipinski definition) is 5. The van der Waals surface area contributed by atoms with E-state index in [9.17, 15) is 24.0 Å². The lowest BCUT2D eigenvalue weighted by molar-refractivity contribution is -0.138.